The van der Waals surface area contributed by atoms with E-state index in [0.29, 0.717) is 4.68 Å². The fourth-order valence-electron chi connectivity index (χ4n) is 1.16. The normalized spacial score (nSPS) is 11.3. The van der Waals surface area contributed by atoms with Crippen LogP contribution in [0.5, 0.6) is 0 Å². The number of rotatable bonds is 4. The molecule has 0 aliphatic heterocycles. The maximum Gasteiger partial charge on any atom is 0.283 e. The lowest BCUT2D eigenvalue weighted by Gasteiger charge is -2.05. The number of hydrogen-bond acceptors (Lipinski definition) is 2. The van der Waals surface area contributed by atoms with Gasteiger partial charge in [-0.05, 0) is 0 Å². The van der Waals surface area contributed by atoms with Crippen molar-refractivity contribution >= 4 is 17.5 Å². The Morgan fingerprint density at radius 3 is 2.41 bits per heavy atom. The number of carbonyl (C=O) groups is 1. The molecule has 0 bridgehead atoms. The molecule has 0 radical (unpaired) electrons. The zero-order valence-electron chi connectivity index (χ0n) is 8.55. The molecule has 0 saturated heterocycles. The summed E-state index contributed by atoms with van der Waals surface area (Å²) in [6.45, 7) is -0.595. The molecule has 1 heterocycles. The molecule has 1 aromatic rings. The summed E-state index contributed by atoms with van der Waals surface area (Å²) in [7, 11) is 1.28. The van der Waals surface area contributed by atoms with Gasteiger partial charge in [0.2, 0.25) is 5.91 Å². The Morgan fingerprint density at radius 2 is 2.00 bits per heavy atom. The van der Waals surface area contributed by atoms with Crippen LogP contribution < -0.4 is 5.32 Å². The van der Waals surface area contributed by atoms with Crippen molar-refractivity contribution in [3.05, 3.63) is 16.4 Å². The van der Waals surface area contributed by atoms with Crippen LogP contribution in [0.25, 0.3) is 0 Å². The van der Waals surface area contributed by atoms with E-state index in [1.165, 1.54) is 7.05 Å². The minimum absolute atomic E-state index is 0.479. The Balaban J connectivity index is 3.19. The molecule has 0 saturated carbocycles. The number of hydrogen-bond donors (Lipinski definition) is 1. The standard InChI is InChI=1S/C8H8ClF4N3O/c1-14-3(17)2-16-6(8(12)13)4(9)5(15-16)7(10)11/h7-8H,2H2,1H3,(H,14,17). The van der Waals surface area contributed by atoms with Crippen LogP contribution in [-0.2, 0) is 11.3 Å². The lowest BCUT2D eigenvalue weighted by molar-refractivity contribution is -0.121. The first kappa shape index (κ1) is 13.8. The Kier molecular flexibility index (Phi) is 4.33. The van der Waals surface area contributed by atoms with Gasteiger partial charge in [-0.3, -0.25) is 9.48 Å². The first-order valence-corrected chi connectivity index (χ1v) is 4.79. The SMILES string of the molecule is CNC(=O)Cn1nc(C(F)F)c(Cl)c1C(F)F. The maximum atomic E-state index is 12.6. The number of nitrogens with one attached hydrogen (secondary N) is 1. The third-order valence-electron chi connectivity index (χ3n) is 1.94. The Labute approximate surface area is 98.5 Å². The monoisotopic (exact) mass is 273 g/mol. The van der Waals surface area contributed by atoms with Gasteiger partial charge in [0.25, 0.3) is 12.9 Å². The van der Waals surface area contributed by atoms with Crippen molar-refractivity contribution < 1.29 is 22.4 Å². The van der Waals surface area contributed by atoms with Crippen LogP contribution >= 0.6 is 11.6 Å². The molecule has 0 atom stereocenters. The largest absolute Gasteiger partial charge is 0.358 e. The molecule has 9 heteroatoms. The van der Waals surface area contributed by atoms with Crippen LogP contribution in [0, 0.1) is 0 Å². The maximum absolute atomic E-state index is 12.6. The first-order chi connectivity index (χ1) is 7.88. The highest BCUT2D eigenvalue weighted by Crippen LogP contribution is 2.34. The molecular formula is C8H8ClF4N3O. The van der Waals surface area contributed by atoms with E-state index in [-0.39, 0.29) is 0 Å². The van der Waals surface area contributed by atoms with Crippen molar-refractivity contribution in [1.29, 1.82) is 0 Å². The molecule has 0 fully saturated rings. The number of amides is 1. The molecular weight excluding hydrogens is 266 g/mol. The molecule has 1 aromatic heterocycles. The zero-order valence-corrected chi connectivity index (χ0v) is 9.31. The molecule has 1 rings (SSSR count). The summed E-state index contributed by atoms with van der Waals surface area (Å²) < 4.78 is 50.5. The summed E-state index contributed by atoms with van der Waals surface area (Å²) >= 11 is 5.37. The van der Waals surface area contributed by atoms with Crippen LogP contribution in [0.15, 0.2) is 0 Å². The smallest absolute Gasteiger partial charge is 0.283 e. The summed E-state index contributed by atoms with van der Waals surface area (Å²) in [6, 6.07) is 0. The Morgan fingerprint density at radius 1 is 1.41 bits per heavy atom. The van der Waals surface area contributed by atoms with Crippen LogP contribution in [-0.4, -0.2) is 22.7 Å². The zero-order chi connectivity index (χ0) is 13.2. The fourth-order valence-corrected chi connectivity index (χ4v) is 1.46. The van der Waals surface area contributed by atoms with Crippen LogP contribution in [0.3, 0.4) is 0 Å². The van der Waals surface area contributed by atoms with E-state index >= 15 is 0 Å². The molecule has 17 heavy (non-hydrogen) atoms. The van der Waals surface area contributed by atoms with E-state index in [1.807, 2.05) is 0 Å². The Bertz CT molecular complexity index is 421. The van der Waals surface area contributed by atoms with Gasteiger partial charge in [0.15, 0.2) is 0 Å². The van der Waals surface area contributed by atoms with Crippen molar-refractivity contribution in [2.75, 3.05) is 7.05 Å². The molecule has 4 nitrogen and oxygen atoms in total. The summed E-state index contributed by atoms with van der Waals surface area (Å²) in [4.78, 5) is 11.0. The van der Waals surface area contributed by atoms with E-state index in [4.69, 9.17) is 11.6 Å². The molecule has 0 unspecified atom stereocenters. The average Bonchev–Trinajstić information content (AvgIpc) is 2.55. The van der Waals surface area contributed by atoms with Crippen molar-refractivity contribution in [3.8, 4) is 0 Å². The van der Waals surface area contributed by atoms with Gasteiger partial charge in [-0.15, -0.1) is 0 Å². The van der Waals surface area contributed by atoms with Crippen LogP contribution in [0.4, 0.5) is 17.6 Å². The summed E-state index contributed by atoms with van der Waals surface area (Å²) in [6.07, 6.45) is -6.17. The van der Waals surface area contributed by atoms with E-state index < -0.39 is 41.7 Å². The quantitative estimate of drug-likeness (QED) is 0.855. The van der Waals surface area contributed by atoms with Crippen molar-refractivity contribution in [1.82, 2.24) is 15.1 Å². The lowest BCUT2D eigenvalue weighted by Crippen LogP contribution is -2.25. The minimum Gasteiger partial charge on any atom is -0.358 e. The second kappa shape index (κ2) is 5.35. The van der Waals surface area contributed by atoms with Gasteiger partial charge in [0.1, 0.15) is 17.9 Å². The topological polar surface area (TPSA) is 46.9 Å². The number of halogens is 5. The fraction of sp³-hybridized carbons (Fsp3) is 0.500. The highest BCUT2D eigenvalue weighted by molar-refractivity contribution is 6.32. The van der Waals surface area contributed by atoms with Gasteiger partial charge in [-0.25, -0.2) is 17.6 Å². The third-order valence-corrected chi connectivity index (χ3v) is 2.33. The highest BCUT2D eigenvalue weighted by Gasteiger charge is 2.28. The third kappa shape index (κ3) is 2.87. The average molecular weight is 274 g/mol. The van der Waals surface area contributed by atoms with Gasteiger partial charge in [-0.2, -0.15) is 5.10 Å². The molecule has 0 spiro atoms. The van der Waals surface area contributed by atoms with Gasteiger partial charge < -0.3 is 5.32 Å². The Hall–Kier alpha value is -1.31. The molecule has 1 amide bonds. The van der Waals surface area contributed by atoms with E-state index in [2.05, 4.69) is 10.4 Å². The lowest BCUT2D eigenvalue weighted by atomic mass is 10.3. The predicted molar refractivity (Wildman–Crippen MR) is 51.2 cm³/mol. The van der Waals surface area contributed by atoms with E-state index in [9.17, 15) is 22.4 Å². The summed E-state index contributed by atoms with van der Waals surface area (Å²) in [5.41, 5.74) is -1.84. The van der Waals surface area contributed by atoms with Crippen molar-refractivity contribution in [2.45, 2.75) is 19.4 Å². The van der Waals surface area contributed by atoms with Crippen molar-refractivity contribution in [2.24, 2.45) is 0 Å². The van der Waals surface area contributed by atoms with Gasteiger partial charge in [0, 0.05) is 7.05 Å². The molecule has 96 valence electrons. The highest BCUT2D eigenvalue weighted by atomic mass is 35.5. The predicted octanol–water partition coefficient (Wildman–Crippen LogP) is 2.16. The van der Waals surface area contributed by atoms with Crippen LogP contribution in [0.1, 0.15) is 24.2 Å². The summed E-state index contributed by atoms with van der Waals surface area (Å²) in [5.74, 6) is -0.646. The summed E-state index contributed by atoms with van der Waals surface area (Å²) in [5, 5.41) is 4.57. The second-order valence-corrected chi connectivity index (χ2v) is 3.39. The number of nitrogens with zero attached hydrogens (tertiary/aromatic N) is 2. The van der Waals surface area contributed by atoms with E-state index in [0.717, 1.165) is 0 Å². The van der Waals surface area contributed by atoms with Crippen molar-refractivity contribution in [3.63, 3.8) is 0 Å². The van der Waals surface area contributed by atoms with Gasteiger partial charge in [0.05, 0.1) is 5.02 Å². The number of aromatic nitrogens is 2. The number of likely N-dealkylation sites (N-methyl/N-ethyl adjacent to an activating group) is 1. The van der Waals surface area contributed by atoms with E-state index in [1.54, 1.807) is 0 Å². The molecule has 0 aliphatic carbocycles. The number of carbonyl (C=O) groups excluding carboxylic acids is 1. The second-order valence-electron chi connectivity index (χ2n) is 3.02. The molecule has 0 aromatic carbocycles. The van der Waals surface area contributed by atoms with Gasteiger partial charge >= 0.3 is 0 Å². The molecule has 1 N–H and O–H groups in total. The minimum atomic E-state index is -3.09. The first-order valence-electron chi connectivity index (χ1n) is 4.41. The molecule has 0 aliphatic rings. The number of alkyl halides is 4. The van der Waals surface area contributed by atoms with Gasteiger partial charge in [-0.1, -0.05) is 11.6 Å². The van der Waals surface area contributed by atoms with Crippen LogP contribution in [0.2, 0.25) is 5.02 Å².